The molecule has 1 heterocycles. The molecule has 4 nitrogen and oxygen atoms in total. The quantitative estimate of drug-likeness (QED) is 0.701. The van der Waals surface area contributed by atoms with E-state index in [0.717, 1.165) is 32.5 Å². The molecule has 2 atom stereocenters. The van der Waals surface area contributed by atoms with Gasteiger partial charge in [-0.25, -0.2) is 0 Å². The summed E-state index contributed by atoms with van der Waals surface area (Å²) in [6, 6.07) is 0.442. The highest BCUT2D eigenvalue weighted by molar-refractivity contribution is 5.75. The number of hydrogen-bond acceptors (Lipinski definition) is 3. The van der Waals surface area contributed by atoms with Crippen LogP contribution in [0.3, 0.4) is 0 Å². The first-order valence-corrected chi connectivity index (χ1v) is 7.63. The minimum atomic E-state index is 0.211. The molecule has 2 N–H and O–H groups in total. The third kappa shape index (κ3) is 6.92. The summed E-state index contributed by atoms with van der Waals surface area (Å²) in [4.78, 5) is 14.1. The van der Waals surface area contributed by atoms with E-state index < -0.39 is 0 Å². The molecule has 19 heavy (non-hydrogen) atoms. The van der Waals surface area contributed by atoms with Crippen molar-refractivity contribution in [3.63, 3.8) is 0 Å². The van der Waals surface area contributed by atoms with Crippen molar-refractivity contribution in [3.05, 3.63) is 0 Å². The Morgan fingerprint density at radius 1 is 1.42 bits per heavy atom. The zero-order chi connectivity index (χ0) is 14.3. The number of rotatable bonds is 8. The highest BCUT2D eigenvalue weighted by Crippen LogP contribution is 2.14. The maximum atomic E-state index is 11.9. The number of amides is 1. The Hall–Kier alpha value is -0.610. The van der Waals surface area contributed by atoms with E-state index in [1.807, 2.05) is 0 Å². The van der Waals surface area contributed by atoms with Gasteiger partial charge >= 0.3 is 0 Å². The van der Waals surface area contributed by atoms with E-state index in [9.17, 15) is 4.79 Å². The van der Waals surface area contributed by atoms with Gasteiger partial charge in [-0.05, 0) is 58.3 Å². The van der Waals surface area contributed by atoms with Crippen molar-refractivity contribution in [2.45, 2.75) is 45.6 Å². The zero-order valence-electron chi connectivity index (χ0n) is 13.0. The number of carbonyl (C=O) groups excluding carboxylic acids is 1. The second kappa shape index (κ2) is 8.54. The molecule has 4 heteroatoms. The fourth-order valence-electron chi connectivity index (χ4n) is 2.64. The Labute approximate surface area is 118 Å². The fourth-order valence-corrected chi connectivity index (χ4v) is 2.64. The van der Waals surface area contributed by atoms with Crippen LogP contribution in [0.25, 0.3) is 0 Å². The average molecular weight is 269 g/mol. The van der Waals surface area contributed by atoms with Gasteiger partial charge in [0, 0.05) is 19.0 Å². The van der Waals surface area contributed by atoms with Crippen molar-refractivity contribution in [3.8, 4) is 0 Å². The van der Waals surface area contributed by atoms with Gasteiger partial charge in [0.05, 0.1) is 0 Å². The van der Waals surface area contributed by atoms with Crippen molar-refractivity contribution in [2.24, 2.45) is 11.8 Å². The van der Waals surface area contributed by atoms with Crippen molar-refractivity contribution in [1.82, 2.24) is 15.5 Å². The predicted octanol–water partition coefficient (Wildman–Crippen LogP) is 1.47. The summed E-state index contributed by atoms with van der Waals surface area (Å²) in [6.07, 6.45) is 4.05. The Bertz CT molecular complexity index is 260. The highest BCUT2D eigenvalue weighted by atomic mass is 16.1. The first kappa shape index (κ1) is 16.4. The molecule has 0 bridgehead atoms. The van der Waals surface area contributed by atoms with Crippen molar-refractivity contribution in [1.29, 1.82) is 0 Å². The second-order valence-electron chi connectivity index (χ2n) is 6.45. The normalized spacial score (nSPS) is 21.1. The lowest BCUT2D eigenvalue weighted by Crippen LogP contribution is -2.41. The van der Waals surface area contributed by atoms with Crippen molar-refractivity contribution < 1.29 is 4.79 Å². The molecule has 1 amide bonds. The third-order valence-electron chi connectivity index (χ3n) is 3.95. The molecule has 0 aliphatic carbocycles. The third-order valence-corrected chi connectivity index (χ3v) is 3.95. The highest BCUT2D eigenvalue weighted by Gasteiger charge is 2.17. The molecule has 1 aliphatic heterocycles. The molecular formula is C15H31N3O. The molecule has 1 fully saturated rings. The van der Waals surface area contributed by atoms with E-state index in [4.69, 9.17) is 0 Å². The molecule has 0 aromatic heterocycles. The summed E-state index contributed by atoms with van der Waals surface area (Å²) < 4.78 is 0. The Morgan fingerprint density at radius 2 is 2.16 bits per heavy atom. The minimum Gasteiger partial charge on any atom is -0.355 e. The van der Waals surface area contributed by atoms with Gasteiger partial charge in [-0.1, -0.05) is 13.8 Å². The summed E-state index contributed by atoms with van der Waals surface area (Å²) in [7, 11) is 4.17. The van der Waals surface area contributed by atoms with Gasteiger partial charge in [0.15, 0.2) is 0 Å². The molecule has 0 spiro atoms. The molecule has 112 valence electrons. The summed E-state index contributed by atoms with van der Waals surface area (Å²) in [6.45, 7) is 7.42. The summed E-state index contributed by atoms with van der Waals surface area (Å²) >= 11 is 0. The fraction of sp³-hybridized carbons (Fsp3) is 0.933. The Kier molecular flexibility index (Phi) is 7.39. The number of hydrogen-bond donors (Lipinski definition) is 2. The molecule has 0 saturated carbocycles. The van der Waals surface area contributed by atoms with Crippen molar-refractivity contribution in [2.75, 3.05) is 33.7 Å². The van der Waals surface area contributed by atoms with E-state index in [-0.39, 0.29) is 5.91 Å². The number of nitrogens with one attached hydrogen (secondary N) is 2. The number of carbonyl (C=O) groups is 1. The van der Waals surface area contributed by atoms with Crippen LogP contribution in [0.1, 0.15) is 39.5 Å². The predicted molar refractivity (Wildman–Crippen MR) is 80.2 cm³/mol. The van der Waals surface area contributed by atoms with Gasteiger partial charge in [-0.2, -0.15) is 0 Å². The van der Waals surface area contributed by atoms with Crippen LogP contribution >= 0.6 is 0 Å². The minimum absolute atomic E-state index is 0.211. The molecule has 0 aromatic rings. The smallest absolute Gasteiger partial charge is 0.220 e. The second-order valence-corrected chi connectivity index (χ2v) is 6.45. The van der Waals surface area contributed by atoms with Crippen LogP contribution < -0.4 is 10.6 Å². The Balaban J connectivity index is 2.19. The standard InChI is InChI=1S/C15H31N3O/c1-12(2)9-14(18(3)4)11-17-15(19)6-5-13-7-8-16-10-13/h12-14,16H,5-11H2,1-4H3,(H,17,19). The summed E-state index contributed by atoms with van der Waals surface area (Å²) in [5.74, 6) is 1.57. The van der Waals surface area contributed by atoms with E-state index >= 15 is 0 Å². The van der Waals surface area contributed by atoms with Crippen LogP contribution in [0.2, 0.25) is 0 Å². The SMILES string of the molecule is CC(C)CC(CNC(=O)CCC1CCNC1)N(C)C. The van der Waals surface area contributed by atoms with E-state index in [2.05, 4.69) is 43.5 Å². The molecular weight excluding hydrogens is 238 g/mol. The number of likely N-dealkylation sites (N-methyl/N-ethyl adjacent to an activating group) is 1. The van der Waals surface area contributed by atoms with Crippen LogP contribution in [-0.2, 0) is 4.79 Å². The zero-order valence-corrected chi connectivity index (χ0v) is 13.0. The lowest BCUT2D eigenvalue weighted by Gasteiger charge is -2.26. The van der Waals surface area contributed by atoms with Gasteiger partial charge in [-0.3, -0.25) is 4.79 Å². The van der Waals surface area contributed by atoms with Gasteiger partial charge in [0.2, 0.25) is 5.91 Å². The largest absolute Gasteiger partial charge is 0.355 e. The van der Waals surface area contributed by atoms with Gasteiger partial charge in [-0.15, -0.1) is 0 Å². The van der Waals surface area contributed by atoms with Gasteiger partial charge < -0.3 is 15.5 Å². The maximum Gasteiger partial charge on any atom is 0.220 e. The van der Waals surface area contributed by atoms with Gasteiger partial charge in [0.1, 0.15) is 0 Å². The van der Waals surface area contributed by atoms with Crippen LogP contribution in [-0.4, -0.2) is 50.6 Å². The first-order valence-electron chi connectivity index (χ1n) is 7.63. The lowest BCUT2D eigenvalue weighted by atomic mass is 10.0. The summed E-state index contributed by atoms with van der Waals surface area (Å²) in [5.41, 5.74) is 0. The van der Waals surface area contributed by atoms with Crippen LogP contribution in [0.5, 0.6) is 0 Å². The monoisotopic (exact) mass is 269 g/mol. The summed E-state index contributed by atoms with van der Waals surface area (Å²) in [5, 5.41) is 6.44. The van der Waals surface area contributed by atoms with E-state index in [0.29, 0.717) is 24.3 Å². The lowest BCUT2D eigenvalue weighted by molar-refractivity contribution is -0.121. The van der Waals surface area contributed by atoms with Gasteiger partial charge in [0.25, 0.3) is 0 Å². The molecule has 2 unspecified atom stereocenters. The van der Waals surface area contributed by atoms with Crippen LogP contribution in [0.15, 0.2) is 0 Å². The molecule has 0 aromatic carbocycles. The van der Waals surface area contributed by atoms with Crippen LogP contribution in [0.4, 0.5) is 0 Å². The first-order chi connectivity index (χ1) is 8.99. The molecule has 1 rings (SSSR count). The maximum absolute atomic E-state index is 11.9. The molecule has 1 saturated heterocycles. The Morgan fingerprint density at radius 3 is 2.68 bits per heavy atom. The van der Waals surface area contributed by atoms with Crippen LogP contribution in [0, 0.1) is 11.8 Å². The van der Waals surface area contributed by atoms with E-state index in [1.54, 1.807) is 0 Å². The topological polar surface area (TPSA) is 44.4 Å². The average Bonchev–Trinajstić information content (AvgIpc) is 2.84. The van der Waals surface area contributed by atoms with Crippen molar-refractivity contribution >= 4 is 5.91 Å². The number of nitrogens with zero attached hydrogens (tertiary/aromatic N) is 1. The molecule has 1 aliphatic rings. The van der Waals surface area contributed by atoms with E-state index in [1.165, 1.54) is 6.42 Å². The molecule has 0 radical (unpaired) electrons.